The smallest absolute Gasteiger partial charge is 0.0123 e. The van der Waals surface area contributed by atoms with Crippen LogP contribution in [0.15, 0.2) is 0 Å². The Morgan fingerprint density at radius 3 is 2.15 bits per heavy atom. The first-order chi connectivity index (χ1) is 9.76. The van der Waals surface area contributed by atoms with Crippen LogP contribution in [0.4, 0.5) is 0 Å². The monoisotopic (exact) mass is 281 g/mol. The van der Waals surface area contributed by atoms with Crippen molar-refractivity contribution in [2.75, 3.05) is 6.54 Å². The molecule has 0 spiro atoms. The van der Waals surface area contributed by atoms with Crippen LogP contribution in [0.5, 0.6) is 0 Å². The van der Waals surface area contributed by atoms with Crippen molar-refractivity contribution < 1.29 is 0 Å². The van der Waals surface area contributed by atoms with Gasteiger partial charge in [0.15, 0.2) is 0 Å². The molecule has 1 nitrogen and oxygen atoms in total. The van der Waals surface area contributed by atoms with E-state index in [1.54, 1.807) is 0 Å². The first-order valence-electron chi connectivity index (χ1n) is 9.50. The van der Waals surface area contributed by atoms with Crippen LogP contribution >= 0.6 is 0 Å². The van der Waals surface area contributed by atoms with Crippen molar-refractivity contribution >= 4 is 0 Å². The fourth-order valence-corrected chi connectivity index (χ4v) is 4.09. The van der Waals surface area contributed by atoms with Gasteiger partial charge >= 0.3 is 0 Å². The molecule has 1 N–H and O–H groups in total. The summed E-state index contributed by atoms with van der Waals surface area (Å²) in [6.45, 7) is 10.6. The molecular formula is C19H39N. The number of unbranched alkanes of at least 4 members (excludes halogenated alkanes) is 1. The van der Waals surface area contributed by atoms with Gasteiger partial charge in [0, 0.05) is 6.04 Å². The second-order valence-corrected chi connectivity index (χ2v) is 6.98. The lowest BCUT2D eigenvalue weighted by atomic mass is 9.73. The molecule has 2 atom stereocenters. The maximum Gasteiger partial charge on any atom is 0.0123 e. The van der Waals surface area contributed by atoms with Crippen molar-refractivity contribution in [2.24, 2.45) is 17.8 Å². The highest BCUT2D eigenvalue weighted by molar-refractivity contribution is 4.86. The van der Waals surface area contributed by atoms with E-state index in [2.05, 4.69) is 33.0 Å². The molecule has 0 aliphatic heterocycles. The van der Waals surface area contributed by atoms with Gasteiger partial charge in [-0.2, -0.15) is 0 Å². The normalized spacial score (nSPS) is 26.4. The Labute approximate surface area is 128 Å². The van der Waals surface area contributed by atoms with Crippen LogP contribution in [0.25, 0.3) is 0 Å². The minimum absolute atomic E-state index is 0.796. The lowest BCUT2D eigenvalue weighted by Crippen LogP contribution is -2.44. The van der Waals surface area contributed by atoms with E-state index in [1.807, 2.05) is 0 Å². The van der Waals surface area contributed by atoms with Gasteiger partial charge in [-0.1, -0.05) is 66.2 Å². The molecule has 1 aliphatic carbocycles. The molecule has 1 rings (SSSR count). The standard InChI is InChI=1S/C19H39N/c1-5-9-10-17(8-4)19(20-15-6-2)18-13-11-16(7-3)12-14-18/h16-20H,5-15H2,1-4H3. The number of hydrogen-bond donors (Lipinski definition) is 1. The maximum absolute atomic E-state index is 3.93. The van der Waals surface area contributed by atoms with Gasteiger partial charge in [0.05, 0.1) is 0 Å². The molecule has 0 bridgehead atoms. The average molecular weight is 282 g/mol. The summed E-state index contributed by atoms with van der Waals surface area (Å²) in [5.74, 6) is 2.88. The largest absolute Gasteiger partial charge is 0.313 e. The van der Waals surface area contributed by atoms with Gasteiger partial charge in [-0.3, -0.25) is 0 Å². The van der Waals surface area contributed by atoms with E-state index in [4.69, 9.17) is 0 Å². The fourth-order valence-electron chi connectivity index (χ4n) is 4.09. The Balaban J connectivity index is 2.57. The van der Waals surface area contributed by atoms with Crippen molar-refractivity contribution in [2.45, 2.75) is 97.9 Å². The molecule has 0 radical (unpaired) electrons. The van der Waals surface area contributed by atoms with E-state index in [0.29, 0.717) is 0 Å². The van der Waals surface area contributed by atoms with Gasteiger partial charge in [-0.05, 0) is 50.0 Å². The van der Waals surface area contributed by atoms with Crippen LogP contribution in [0.1, 0.15) is 91.9 Å². The molecular weight excluding hydrogens is 242 g/mol. The minimum atomic E-state index is 0.796. The minimum Gasteiger partial charge on any atom is -0.313 e. The summed E-state index contributed by atoms with van der Waals surface area (Å²) in [4.78, 5) is 0. The maximum atomic E-state index is 3.93. The third-order valence-corrected chi connectivity index (χ3v) is 5.57. The molecule has 2 unspecified atom stereocenters. The second kappa shape index (κ2) is 10.7. The average Bonchev–Trinajstić information content (AvgIpc) is 2.51. The quantitative estimate of drug-likeness (QED) is 0.534. The first-order valence-corrected chi connectivity index (χ1v) is 9.50. The lowest BCUT2D eigenvalue weighted by Gasteiger charge is -2.38. The molecule has 0 aromatic carbocycles. The van der Waals surface area contributed by atoms with Gasteiger partial charge in [-0.15, -0.1) is 0 Å². The van der Waals surface area contributed by atoms with Gasteiger partial charge in [0.2, 0.25) is 0 Å². The van der Waals surface area contributed by atoms with Crippen LogP contribution in [0, 0.1) is 17.8 Å². The zero-order valence-corrected chi connectivity index (χ0v) is 14.6. The van der Waals surface area contributed by atoms with Gasteiger partial charge in [0.25, 0.3) is 0 Å². The molecule has 1 heteroatoms. The number of rotatable bonds is 10. The Morgan fingerprint density at radius 2 is 1.65 bits per heavy atom. The van der Waals surface area contributed by atoms with Crippen molar-refractivity contribution in [1.82, 2.24) is 5.32 Å². The highest BCUT2D eigenvalue weighted by Crippen LogP contribution is 2.36. The molecule has 1 fully saturated rings. The van der Waals surface area contributed by atoms with E-state index < -0.39 is 0 Å². The molecule has 0 saturated heterocycles. The van der Waals surface area contributed by atoms with Crippen molar-refractivity contribution in [1.29, 1.82) is 0 Å². The van der Waals surface area contributed by atoms with Gasteiger partial charge in [-0.25, -0.2) is 0 Å². The van der Waals surface area contributed by atoms with Crippen LogP contribution in [0.3, 0.4) is 0 Å². The summed E-state index contributed by atoms with van der Waals surface area (Å²) in [5.41, 5.74) is 0. The van der Waals surface area contributed by atoms with Crippen molar-refractivity contribution in [3.05, 3.63) is 0 Å². The molecule has 0 aromatic heterocycles. The highest BCUT2D eigenvalue weighted by Gasteiger charge is 2.30. The Kier molecular flexibility index (Phi) is 9.59. The molecule has 20 heavy (non-hydrogen) atoms. The zero-order valence-electron chi connectivity index (χ0n) is 14.6. The highest BCUT2D eigenvalue weighted by atomic mass is 14.9. The van der Waals surface area contributed by atoms with Crippen LogP contribution in [-0.2, 0) is 0 Å². The van der Waals surface area contributed by atoms with E-state index in [0.717, 1.165) is 23.8 Å². The predicted octanol–water partition coefficient (Wildman–Crippen LogP) is 5.79. The summed E-state index contributed by atoms with van der Waals surface area (Å²) >= 11 is 0. The number of nitrogens with one attached hydrogen (secondary N) is 1. The van der Waals surface area contributed by atoms with E-state index >= 15 is 0 Å². The molecule has 0 amide bonds. The predicted molar refractivity (Wildman–Crippen MR) is 91.1 cm³/mol. The molecule has 0 heterocycles. The summed E-state index contributed by atoms with van der Waals surface area (Å²) in [6, 6.07) is 0.796. The van der Waals surface area contributed by atoms with Crippen LogP contribution in [0.2, 0.25) is 0 Å². The van der Waals surface area contributed by atoms with Crippen LogP contribution < -0.4 is 5.32 Å². The van der Waals surface area contributed by atoms with Crippen LogP contribution in [-0.4, -0.2) is 12.6 Å². The molecule has 120 valence electrons. The molecule has 1 aliphatic rings. The molecule has 1 saturated carbocycles. The first kappa shape index (κ1) is 18.0. The van der Waals surface area contributed by atoms with E-state index in [-0.39, 0.29) is 0 Å². The number of hydrogen-bond acceptors (Lipinski definition) is 1. The Hall–Kier alpha value is -0.0400. The topological polar surface area (TPSA) is 12.0 Å². The molecule has 0 aromatic rings. The Morgan fingerprint density at radius 1 is 0.950 bits per heavy atom. The lowest BCUT2D eigenvalue weighted by molar-refractivity contribution is 0.165. The summed E-state index contributed by atoms with van der Waals surface area (Å²) in [6.07, 6.45) is 14.1. The van der Waals surface area contributed by atoms with Crippen molar-refractivity contribution in [3.8, 4) is 0 Å². The third-order valence-electron chi connectivity index (χ3n) is 5.57. The Bertz CT molecular complexity index is 218. The van der Waals surface area contributed by atoms with E-state index in [9.17, 15) is 0 Å². The fraction of sp³-hybridized carbons (Fsp3) is 1.00. The SMILES string of the molecule is CCCCC(CC)C(NCCC)C1CCC(CC)CC1. The van der Waals surface area contributed by atoms with E-state index in [1.165, 1.54) is 70.8 Å². The third kappa shape index (κ3) is 5.76. The summed E-state index contributed by atoms with van der Waals surface area (Å²) in [5, 5.41) is 3.93. The second-order valence-electron chi connectivity index (χ2n) is 6.98. The summed E-state index contributed by atoms with van der Waals surface area (Å²) in [7, 11) is 0. The zero-order chi connectivity index (χ0) is 14.8. The van der Waals surface area contributed by atoms with Crippen molar-refractivity contribution in [3.63, 3.8) is 0 Å². The van der Waals surface area contributed by atoms with Gasteiger partial charge < -0.3 is 5.32 Å². The summed E-state index contributed by atoms with van der Waals surface area (Å²) < 4.78 is 0. The van der Waals surface area contributed by atoms with Gasteiger partial charge in [0.1, 0.15) is 0 Å².